The Kier molecular flexibility index (Phi) is 14.4. The van der Waals surface area contributed by atoms with Crippen LogP contribution in [0.5, 0.6) is 0 Å². The third-order valence-electron chi connectivity index (χ3n) is 25.2. The predicted molar refractivity (Wildman–Crippen MR) is 487 cm³/mol. The number of hydrogen-bond acceptors (Lipinski definition) is 2. The van der Waals surface area contributed by atoms with Gasteiger partial charge in [-0.05, 0) is 206 Å². The van der Waals surface area contributed by atoms with Gasteiger partial charge in [0.25, 0.3) is 6.71 Å². The lowest BCUT2D eigenvalue weighted by molar-refractivity contribution is 0.590. The fourth-order valence-corrected chi connectivity index (χ4v) is 19.6. The van der Waals surface area contributed by atoms with Crippen molar-refractivity contribution in [3.05, 3.63) is 338 Å². The molecule has 0 radical (unpaired) electrons. The highest BCUT2D eigenvalue weighted by atomic mass is 15.2. The number of fused-ring (bicyclic) bond motifs is 19. The van der Waals surface area contributed by atoms with E-state index in [1.807, 2.05) is 0 Å². The van der Waals surface area contributed by atoms with E-state index in [1.165, 1.54) is 115 Å². The van der Waals surface area contributed by atoms with Crippen molar-refractivity contribution in [3.8, 4) is 28.4 Å². The molecule has 8 heteroatoms. The van der Waals surface area contributed by atoms with E-state index >= 15 is 0 Å². The van der Waals surface area contributed by atoms with E-state index in [-0.39, 0.29) is 28.4 Å². The van der Waals surface area contributed by atoms with Gasteiger partial charge in [-0.1, -0.05) is 253 Å². The summed E-state index contributed by atoms with van der Waals surface area (Å²) >= 11 is 0. The van der Waals surface area contributed by atoms with Crippen LogP contribution in [0.4, 0.5) is 34.1 Å². The van der Waals surface area contributed by atoms with Crippen molar-refractivity contribution in [2.45, 2.75) is 105 Å². The van der Waals surface area contributed by atoms with Crippen molar-refractivity contribution in [1.29, 1.82) is 0 Å². The number of para-hydroxylation sites is 8. The first kappa shape index (κ1) is 67.8. The SMILES string of the molecule is CC(C)(C)c1ccc2c(c1)c1cc(C(C)(C)C)ccc1n2-c1ccc2c(c1)N(c1cccc3c4ccccc4n(-c4ccccc4)c13)c1cc(-n3c4ccccc4c4ccccc43)cc3c1B2c1ccc(-n2c4ccc(C(C)(C)C)cc4c4cc(C(C)(C)C)ccc42)cc1N3c1cccc2c3ccccc3n(-c3ccccc3)c12. The maximum absolute atomic E-state index is 2.70. The van der Waals surface area contributed by atoms with Crippen LogP contribution < -0.4 is 26.2 Å². The van der Waals surface area contributed by atoms with Gasteiger partial charge in [-0.15, -0.1) is 0 Å². The van der Waals surface area contributed by atoms with E-state index in [9.17, 15) is 0 Å². The van der Waals surface area contributed by atoms with E-state index in [0.29, 0.717) is 0 Å². The van der Waals surface area contributed by atoms with E-state index in [4.69, 9.17) is 0 Å². The van der Waals surface area contributed by atoms with Gasteiger partial charge in [-0.2, -0.15) is 0 Å². The molecule has 2 aliphatic rings. The second-order valence-corrected chi connectivity index (χ2v) is 36.2. The summed E-state index contributed by atoms with van der Waals surface area (Å²) in [5, 5.41) is 12.2. The first-order valence-corrected chi connectivity index (χ1v) is 40.5. The monoisotopic (exact) mass is 1470 g/mol. The molecule has 2 aliphatic heterocycles. The summed E-state index contributed by atoms with van der Waals surface area (Å²) in [6.07, 6.45) is 0. The van der Waals surface area contributed by atoms with Crippen LogP contribution in [0.25, 0.3) is 137 Å². The van der Waals surface area contributed by atoms with E-state index in [0.717, 1.165) is 95.7 Å². The fourth-order valence-electron chi connectivity index (χ4n) is 19.6. The molecule has 550 valence electrons. The minimum absolute atomic E-state index is 0.0701. The summed E-state index contributed by atoms with van der Waals surface area (Å²) in [5.74, 6) is 0. The standard InChI is InChI=1S/C106H88BN7/c1-103(2,3)65-45-53-90-80(57-65)81-58-66(104(4,5)6)46-54-91(81)108(90)71-49-51-84-96(61-71)113(94-43-27-37-78-76-35-21-25-41-88(76)111(101(78)94)69-29-15-13-16-30-69)98-63-73(110-86-39-23-19-33-74(86)75-34-20-24-40-87(75)110)64-99-100(98)107(84)85-52-50-72(109-92-55-47-67(105(7,8)9)59-82(92)83-60-68(106(10,11)12)48-56-93(83)109)62-97(85)114(99)95-44-28-38-79-77-36-22-26-42-89(77)112(102(79)95)70-31-17-14-18-32-70/h13-64H,1-12H3. The molecule has 0 bridgehead atoms. The Morgan fingerprint density at radius 1 is 0.193 bits per heavy atom. The molecule has 22 rings (SSSR count). The molecule has 0 aliphatic carbocycles. The third kappa shape index (κ3) is 9.95. The average Bonchev–Trinajstić information content (AvgIpc) is 1.03. The molecule has 0 spiro atoms. The Bertz CT molecular complexity index is 6890. The largest absolute Gasteiger partial charge is 0.309 e. The van der Waals surface area contributed by atoms with Crippen molar-refractivity contribution in [2.24, 2.45) is 0 Å². The van der Waals surface area contributed by atoms with Gasteiger partial charge >= 0.3 is 0 Å². The normalized spacial score (nSPS) is 13.4. The topological polar surface area (TPSA) is 31.1 Å². The van der Waals surface area contributed by atoms with Crippen molar-refractivity contribution in [2.75, 3.05) is 9.80 Å². The lowest BCUT2D eigenvalue weighted by atomic mass is 9.33. The van der Waals surface area contributed by atoms with Gasteiger partial charge in [0.1, 0.15) is 0 Å². The molecule has 7 heterocycles. The summed E-state index contributed by atoms with van der Waals surface area (Å²) in [7, 11) is 0. The fraction of sp³-hybridized carbons (Fsp3) is 0.151. The molecule has 0 fully saturated rings. The molecule has 0 amide bonds. The van der Waals surface area contributed by atoms with Crippen LogP contribution in [0, 0.1) is 0 Å². The van der Waals surface area contributed by atoms with Crippen molar-refractivity contribution in [1.82, 2.24) is 22.8 Å². The summed E-state index contributed by atoms with van der Waals surface area (Å²) < 4.78 is 12.7. The zero-order valence-corrected chi connectivity index (χ0v) is 66.7. The number of benzene rings is 15. The smallest absolute Gasteiger partial charge is 0.252 e. The molecule has 0 saturated carbocycles. The molecule has 20 aromatic rings. The minimum atomic E-state index is -0.287. The van der Waals surface area contributed by atoms with Gasteiger partial charge in [-0.3, -0.25) is 0 Å². The molecule has 7 nitrogen and oxygen atoms in total. The van der Waals surface area contributed by atoms with E-state index in [1.54, 1.807) is 0 Å². The highest BCUT2D eigenvalue weighted by molar-refractivity contribution is 7.00. The van der Waals surface area contributed by atoms with Gasteiger partial charge in [0.15, 0.2) is 0 Å². The first-order chi connectivity index (χ1) is 55.1. The highest BCUT2D eigenvalue weighted by Gasteiger charge is 2.46. The number of hydrogen-bond donors (Lipinski definition) is 0. The number of anilines is 6. The van der Waals surface area contributed by atoms with Gasteiger partial charge in [0, 0.05) is 99.4 Å². The summed E-state index contributed by atoms with van der Waals surface area (Å²) in [6.45, 7) is 27.7. The maximum atomic E-state index is 2.70. The second-order valence-electron chi connectivity index (χ2n) is 36.2. The first-order valence-electron chi connectivity index (χ1n) is 40.5. The molecule has 0 N–H and O–H groups in total. The van der Waals surface area contributed by atoms with Crippen LogP contribution in [0.2, 0.25) is 0 Å². The predicted octanol–water partition coefficient (Wildman–Crippen LogP) is 26.4. The molecule has 114 heavy (non-hydrogen) atoms. The Hall–Kier alpha value is -13.0. The van der Waals surface area contributed by atoms with Crippen LogP contribution in [0.3, 0.4) is 0 Å². The zero-order valence-electron chi connectivity index (χ0n) is 66.7. The van der Waals surface area contributed by atoms with Crippen LogP contribution >= 0.6 is 0 Å². The molecule has 0 unspecified atom stereocenters. The van der Waals surface area contributed by atoms with Crippen LogP contribution in [-0.4, -0.2) is 29.5 Å². The van der Waals surface area contributed by atoms with Crippen molar-refractivity contribution < 1.29 is 0 Å². The lowest BCUT2D eigenvalue weighted by Gasteiger charge is -2.45. The van der Waals surface area contributed by atoms with Gasteiger partial charge in [-0.25, -0.2) is 0 Å². The minimum Gasteiger partial charge on any atom is -0.309 e. The summed E-state index contributed by atoms with van der Waals surface area (Å²) in [4.78, 5) is 5.40. The van der Waals surface area contributed by atoms with Gasteiger partial charge in [0.05, 0.1) is 72.2 Å². The van der Waals surface area contributed by atoms with E-state index in [2.05, 4.69) is 431 Å². The second kappa shape index (κ2) is 24.2. The highest BCUT2D eigenvalue weighted by Crippen LogP contribution is 2.53. The summed E-state index contributed by atoms with van der Waals surface area (Å²) in [6, 6.07) is 121. The number of rotatable bonds is 7. The Morgan fingerprint density at radius 3 is 0.816 bits per heavy atom. The average molecular weight is 1470 g/mol. The van der Waals surface area contributed by atoms with Crippen LogP contribution in [-0.2, 0) is 21.7 Å². The van der Waals surface area contributed by atoms with Gasteiger partial charge < -0.3 is 32.6 Å². The van der Waals surface area contributed by atoms with Crippen LogP contribution in [0.1, 0.15) is 105 Å². The lowest BCUT2D eigenvalue weighted by Crippen LogP contribution is -2.61. The molecular formula is C106H88BN7. The maximum Gasteiger partial charge on any atom is 0.252 e. The molecule has 15 aromatic carbocycles. The Balaban J connectivity index is 0.922. The molecular weight excluding hydrogens is 1380 g/mol. The number of nitrogens with zero attached hydrogens (tertiary/aromatic N) is 7. The Labute approximate surface area is 665 Å². The van der Waals surface area contributed by atoms with Gasteiger partial charge in [0.2, 0.25) is 0 Å². The van der Waals surface area contributed by atoms with Crippen molar-refractivity contribution >= 4 is 166 Å². The quantitative estimate of drug-likeness (QED) is 0.149. The molecule has 5 aromatic heterocycles. The van der Waals surface area contributed by atoms with Crippen molar-refractivity contribution in [3.63, 3.8) is 0 Å². The molecule has 0 atom stereocenters. The Morgan fingerprint density at radius 2 is 0.474 bits per heavy atom. The van der Waals surface area contributed by atoms with E-state index < -0.39 is 0 Å². The number of aromatic nitrogens is 5. The zero-order chi connectivity index (χ0) is 77.3. The third-order valence-corrected chi connectivity index (χ3v) is 25.2. The molecule has 0 saturated heterocycles. The summed E-state index contributed by atoms with van der Waals surface area (Å²) in [5.41, 5.74) is 32.2. The van der Waals surface area contributed by atoms with Crippen LogP contribution in [0.15, 0.2) is 315 Å².